The Kier molecular flexibility index (Phi) is 9.54. The van der Waals surface area contributed by atoms with E-state index in [2.05, 4.69) is 176 Å². The number of nitrogens with zero attached hydrogens (tertiary/aromatic N) is 4. The summed E-state index contributed by atoms with van der Waals surface area (Å²) in [6.45, 7) is 23.6. The SMILES string of the molecule is CN(CC(C)(C)C)c1ccccc1N(c1ccccc1N(C)CC(C)(C)C)c1ccccc1N(C)CC(C)(C)C. The van der Waals surface area contributed by atoms with Crippen LogP contribution in [-0.4, -0.2) is 40.8 Å². The van der Waals surface area contributed by atoms with Crippen molar-refractivity contribution in [2.24, 2.45) is 16.2 Å². The summed E-state index contributed by atoms with van der Waals surface area (Å²) in [5.74, 6) is 0. The van der Waals surface area contributed by atoms with Crippen molar-refractivity contribution in [3.05, 3.63) is 72.8 Å². The number of rotatable bonds is 9. The maximum atomic E-state index is 2.48. The van der Waals surface area contributed by atoms with E-state index in [1.54, 1.807) is 0 Å². The lowest BCUT2D eigenvalue weighted by atomic mass is 9.95. The highest BCUT2D eigenvalue weighted by atomic mass is 15.2. The summed E-state index contributed by atoms with van der Waals surface area (Å²) < 4.78 is 0. The molecule has 0 saturated carbocycles. The molecule has 3 aromatic carbocycles. The molecule has 0 aliphatic heterocycles. The topological polar surface area (TPSA) is 13.0 Å². The molecule has 0 aliphatic rings. The van der Waals surface area contributed by atoms with Crippen LogP contribution in [0.25, 0.3) is 0 Å². The zero-order valence-electron chi connectivity index (χ0n) is 27.3. The van der Waals surface area contributed by atoms with Gasteiger partial charge in [-0.05, 0) is 52.6 Å². The number of hydrogen-bond acceptors (Lipinski definition) is 4. The highest BCUT2D eigenvalue weighted by molar-refractivity contribution is 5.94. The van der Waals surface area contributed by atoms with Crippen LogP contribution in [0, 0.1) is 16.2 Å². The van der Waals surface area contributed by atoms with E-state index in [0.29, 0.717) is 0 Å². The van der Waals surface area contributed by atoms with Crippen molar-refractivity contribution in [3.8, 4) is 0 Å². The molecule has 3 aromatic rings. The third-order valence-corrected chi connectivity index (χ3v) is 6.74. The van der Waals surface area contributed by atoms with Gasteiger partial charge in [0.25, 0.3) is 0 Å². The molecule has 0 amide bonds. The minimum Gasteiger partial charge on any atom is -0.372 e. The fourth-order valence-corrected chi connectivity index (χ4v) is 5.71. The largest absolute Gasteiger partial charge is 0.372 e. The monoisotopic (exact) mass is 542 g/mol. The Morgan fingerprint density at radius 3 is 0.775 bits per heavy atom. The van der Waals surface area contributed by atoms with E-state index < -0.39 is 0 Å². The maximum Gasteiger partial charge on any atom is 0.0697 e. The molecule has 0 unspecified atom stereocenters. The number of anilines is 6. The summed E-state index contributed by atoms with van der Waals surface area (Å²) in [4.78, 5) is 9.71. The first-order chi connectivity index (χ1) is 18.5. The van der Waals surface area contributed by atoms with Gasteiger partial charge in [-0.15, -0.1) is 0 Å². The fraction of sp³-hybridized carbons (Fsp3) is 0.500. The Bertz CT molecular complexity index is 1090. The summed E-state index contributed by atoms with van der Waals surface area (Å²) in [6, 6.07) is 26.6. The van der Waals surface area contributed by atoms with E-state index in [1.807, 2.05) is 0 Å². The molecule has 218 valence electrons. The quantitative estimate of drug-likeness (QED) is 0.267. The smallest absolute Gasteiger partial charge is 0.0697 e. The van der Waals surface area contributed by atoms with Gasteiger partial charge in [0.05, 0.1) is 34.1 Å². The Morgan fingerprint density at radius 1 is 0.375 bits per heavy atom. The van der Waals surface area contributed by atoms with Crippen LogP contribution in [0.15, 0.2) is 72.8 Å². The molecule has 0 heterocycles. The van der Waals surface area contributed by atoms with E-state index in [0.717, 1.165) is 19.6 Å². The molecular formula is C36H54N4. The molecule has 0 saturated heterocycles. The highest BCUT2D eigenvalue weighted by Crippen LogP contribution is 2.47. The molecule has 40 heavy (non-hydrogen) atoms. The van der Waals surface area contributed by atoms with Gasteiger partial charge in [0.2, 0.25) is 0 Å². The van der Waals surface area contributed by atoms with Gasteiger partial charge >= 0.3 is 0 Å². The molecule has 0 atom stereocenters. The Hall–Kier alpha value is -3.14. The van der Waals surface area contributed by atoms with Crippen LogP contribution in [0.4, 0.5) is 34.1 Å². The molecule has 0 spiro atoms. The van der Waals surface area contributed by atoms with Crippen molar-refractivity contribution in [2.75, 3.05) is 60.4 Å². The lowest BCUT2D eigenvalue weighted by Crippen LogP contribution is -2.32. The van der Waals surface area contributed by atoms with Gasteiger partial charge in [-0.2, -0.15) is 0 Å². The first-order valence-electron chi connectivity index (χ1n) is 14.7. The lowest BCUT2D eigenvalue weighted by Gasteiger charge is -2.38. The molecule has 3 rings (SSSR count). The number of benzene rings is 3. The second kappa shape index (κ2) is 12.2. The van der Waals surface area contributed by atoms with Gasteiger partial charge in [0.15, 0.2) is 0 Å². The van der Waals surface area contributed by atoms with Crippen molar-refractivity contribution in [3.63, 3.8) is 0 Å². The standard InChI is InChI=1S/C36H54N4/c1-34(2,3)25-37(10)28-19-13-16-22-31(28)40(32-23-17-14-20-29(32)38(11)26-35(4,5)6)33-24-18-15-21-30(33)39(12)27-36(7,8)9/h13-24H,25-27H2,1-12H3. The molecule has 0 bridgehead atoms. The van der Waals surface area contributed by atoms with E-state index in [-0.39, 0.29) is 16.2 Å². The number of hydrogen-bond donors (Lipinski definition) is 0. The van der Waals surface area contributed by atoms with Gasteiger partial charge in [0.1, 0.15) is 0 Å². The maximum absolute atomic E-state index is 2.48. The summed E-state index contributed by atoms with van der Waals surface area (Å²) >= 11 is 0. The second-order valence-corrected chi connectivity index (χ2v) is 15.1. The fourth-order valence-electron chi connectivity index (χ4n) is 5.71. The Labute approximate surface area is 245 Å². The average molecular weight is 543 g/mol. The van der Waals surface area contributed by atoms with Crippen LogP contribution in [0.1, 0.15) is 62.3 Å². The summed E-state index contributed by atoms with van der Waals surface area (Å²) in [7, 11) is 6.66. The molecule has 0 aromatic heterocycles. The van der Waals surface area contributed by atoms with Crippen LogP contribution < -0.4 is 19.6 Å². The van der Waals surface area contributed by atoms with Crippen LogP contribution in [0.5, 0.6) is 0 Å². The van der Waals surface area contributed by atoms with E-state index in [1.165, 1.54) is 34.1 Å². The molecule has 4 heteroatoms. The Morgan fingerprint density at radius 2 is 0.575 bits per heavy atom. The van der Waals surface area contributed by atoms with E-state index in [9.17, 15) is 0 Å². The lowest BCUT2D eigenvalue weighted by molar-refractivity contribution is 0.419. The normalized spacial score (nSPS) is 12.3. The van der Waals surface area contributed by atoms with Crippen LogP contribution in [0.2, 0.25) is 0 Å². The zero-order valence-corrected chi connectivity index (χ0v) is 27.3. The summed E-state index contributed by atoms with van der Waals surface area (Å²) in [6.07, 6.45) is 0. The highest BCUT2D eigenvalue weighted by Gasteiger charge is 2.27. The minimum absolute atomic E-state index is 0.169. The molecule has 0 N–H and O–H groups in total. The van der Waals surface area contributed by atoms with Gasteiger partial charge in [-0.25, -0.2) is 0 Å². The van der Waals surface area contributed by atoms with Gasteiger partial charge in [-0.3, -0.25) is 0 Å². The Balaban J connectivity index is 2.32. The van der Waals surface area contributed by atoms with Crippen molar-refractivity contribution in [1.29, 1.82) is 0 Å². The van der Waals surface area contributed by atoms with Gasteiger partial charge < -0.3 is 19.6 Å². The van der Waals surface area contributed by atoms with E-state index >= 15 is 0 Å². The van der Waals surface area contributed by atoms with Crippen molar-refractivity contribution >= 4 is 34.1 Å². The van der Waals surface area contributed by atoms with Crippen molar-refractivity contribution < 1.29 is 0 Å². The van der Waals surface area contributed by atoms with E-state index in [4.69, 9.17) is 0 Å². The van der Waals surface area contributed by atoms with Crippen LogP contribution in [-0.2, 0) is 0 Å². The van der Waals surface area contributed by atoms with Gasteiger partial charge in [-0.1, -0.05) is 98.7 Å². The molecule has 0 aliphatic carbocycles. The number of para-hydroxylation sites is 6. The minimum atomic E-state index is 0.169. The predicted molar refractivity (Wildman–Crippen MR) is 179 cm³/mol. The summed E-state index contributed by atoms with van der Waals surface area (Å²) in [5.41, 5.74) is 7.72. The second-order valence-electron chi connectivity index (χ2n) is 15.1. The first-order valence-corrected chi connectivity index (χ1v) is 14.7. The van der Waals surface area contributed by atoms with Gasteiger partial charge in [0, 0.05) is 40.8 Å². The molecule has 0 fully saturated rings. The molecule has 0 radical (unpaired) electrons. The molecule has 4 nitrogen and oxygen atoms in total. The third kappa shape index (κ3) is 8.43. The summed E-state index contributed by atoms with van der Waals surface area (Å²) in [5, 5.41) is 0. The van der Waals surface area contributed by atoms with Crippen molar-refractivity contribution in [2.45, 2.75) is 62.3 Å². The third-order valence-electron chi connectivity index (χ3n) is 6.74. The zero-order chi connectivity index (χ0) is 29.9. The first kappa shape index (κ1) is 31.4. The molecular weight excluding hydrogens is 488 g/mol. The predicted octanol–water partition coefficient (Wildman–Crippen LogP) is 9.60. The van der Waals surface area contributed by atoms with Crippen LogP contribution in [0.3, 0.4) is 0 Å². The average Bonchev–Trinajstić information content (AvgIpc) is 2.82. The van der Waals surface area contributed by atoms with Crippen LogP contribution >= 0.6 is 0 Å². The van der Waals surface area contributed by atoms with Crippen molar-refractivity contribution in [1.82, 2.24) is 0 Å².